The van der Waals surface area contributed by atoms with E-state index in [1.165, 1.54) is 19.3 Å². The molecule has 0 aromatic heterocycles. The van der Waals surface area contributed by atoms with E-state index in [0.29, 0.717) is 24.7 Å². The molecule has 3 heteroatoms. The molecule has 0 amide bonds. The smallest absolute Gasteiger partial charge is 0.175 e. The summed E-state index contributed by atoms with van der Waals surface area (Å²) in [5, 5.41) is 9.93. The maximum absolute atomic E-state index is 14.2. The van der Waals surface area contributed by atoms with Crippen LogP contribution >= 0.6 is 0 Å². The number of ketones is 1. The molecule has 22 heavy (non-hydrogen) atoms. The van der Waals surface area contributed by atoms with Gasteiger partial charge in [0.05, 0.1) is 12.0 Å². The Labute approximate surface area is 132 Å². The summed E-state index contributed by atoms with van der Waals surface area (Å²) in [6.07, 6.45) is 9.03. The molecule has 2 nitrogen and oxygen atoms in total. The lowest BCUT2D eigenvalue weighted by atomic mass is 9.47. The molecule has 4 aliphatic rings. The molecule has 0 aliphatic heterocycles. The predicted molar refractivity (Wildman–Crippen MR) is 83.0 cm³/mol. The zero-order chi connectivity index (χ0) is 15.5. The van der Waals surface area contributed by atoms with E-state index in [2.05, 4.69) is 13.0 Å². The summed E-state index contributed by atoms with van der Waals surface area (Å²) >= 11 is 0. The highest BCUT2D eigenvalue weighted by Crippen LogP contribution is 2.64. The Bertz CT molecular complexity index is 528. The lowest BCUT2D eigenvalue weighted by molar-refractivity contribution is -0.140. The highest BCUT2D eigenvalue weighted by atomic mass is 19.1. The van der Waals surface area contributed by atoms with Gasteiger partial charge in [0.2, 0.25) is 0 Å². The fourth-order valence-electron chi connectivity index (χ4n) is 6.59. The van der Waals surface area contributed by atoms with Crippen molar-refractivity contribution >= 4 is 5.78 Å². The van der Waals surface area contributed by atoms with Gasteiger partial charge in [0.15, 0.2) is 12.0 Å². The predicted octanol–water partition coefficient (Wildman–Crippen LogP) is 3.83. The highest BCUT2D eigenvalue weighted by Gasteiger charge is 2.63. The first kappa shape index (κ1) is 14.9. The first-order valence-corrected chi connectivity index (χ1v) is 9.02. The summed E-state index contributed by atoms with van der Waals surface area (Å²) in [6.45, 7) is 2.25. The summed E-state index contributed by atoms with van der Waals surface area (Å²) in [7, 11) is 0. The number of aliphatic hydroxyl groups is 1. The van der Waals surface area contributed by atoms with Gasteiger partial charge in [-0.25, -0.2) is 4.39 Å². The van der Waals surface area contributed by atoms with Crippen molar-refractivity contribution in [3.63, 3.8) is 0 Å². The van der Waals surface area contributed by atoms with Crippen molar-refractivity contribution in [3.8, 4) is 0 Å². The fourth-order valence-corrected chi connectivity index (χ4v) is 6.59. The lowest BCUT2D eigenvalue weighted by Crippen LogP contribution is -2.52. The number of carbonyl (C=O) groups excluding carboxylic acids is 1. The minimum atomic E-state index is -1.34. The molecule has 0 bridgehead atoms. The van der Waals surface area contributed by atoms with E-state index in [1.807, 2.05) is 0 Å². The molecule has 122 valence electrons. The first-order valence-electron chi connectivity index (χ1n) is 9.02. The average molecular weight is 306 g/mol. The molecule has 4 rings (SSSR count). The molecule has 0 aromatic rings. The van der Waals surface area contributed by atoms with Crippen LogP contribution < -0.4 is 0 Å². The minimum absolute atomic E-state index is 0.0686. The zero-order valence-electron chi connectivity index (χ0n) is 13.5. The number of hydrogen-bond acceptors (Lipinski definition) is 2. The monoisotopic (exact) mass is 306 g/mol. The molecule has 3 fully saturated rings. The summed E-state index contributed by atoms with van der Waals surface area (Å²) < 4.78 is 14.2. The van der Waals surface area contributed by atoms with Gasteiger partial charge >= 0.3 is 0 Å². The Hall–Kier alpha value is -0.700. The average Bonchev–Trinajstić information content (AvgIpc) is 2.79. The number of rotatable bonds is 1. The van der Waals surface area contributed by atoms with Crippen LogP contribution in [-0.2, 0) is 4.79 Å². The number of aliphatic hydroxyl groups excluding tert-OH is 1. The number of alkyl halides is 1. The molecule has 0 spiro atoms. The topological polar surface area (TPSA) is 37.3 Å². The third-order valence-electron chi connectivity index (χ3n) is 7.75. The Balaban J connectivity index is 1.71. The van der Waals surface area contributed by atoms with Gasteiger partial charge < -0.3 is 5.11 Å². The second-order valence-electron chi connectivity index (χ2n) is 8.37. The largest absolute Gasteiger partial charge is 0.395 e. The fraction of sp³-hybridized carbons (Fsp3) is 0.842. The third kappa shape index (κ3) is 1.72. The lowest BCUT2D eigenvalue weighted by Gasteiger charge is -2.57. The van der Waals surface area contributed by atoms with Crippen molar-refractivity contribution in [3.05, 3.63) is 11.6 Å². The first-order chi connectivity index (χ1) is 10.5. The Kier molecular flexibility index (Phi) is 3.31. The second kappa shape index (κ2) is 4.90. The van der Waals surface area contributed by atoms with Crippen LogP contribution in [0.2, 0.25) is 0 Å². The molecule has 0 heterocycles. The van der Waals surface area contributed by atoms with Gasteiger partial charge in [-0.1, -0.05) is 18.6 Å². The van der Waals surface area contributed by atoms with Crippen molar-refractivity contribution in [2.75, 3.05) is 6.61 Å². The van der Waals surface area contributed by atoms with Crippen molar-refractivity contribution < 1.29 is 14.3 Å². The number of fused-ring (bicyclic) bond motifs is 5. The van der Waals surface area contributed by atoms with E-state index < -0.39 is 11.6 Å². The number of hydrogen-bond donors (Lipinski definition) is 1. The normalized spacial score (nSPS) is 50.9. The van der Waals surface area contributed by atoms with Crippen LogP contribution in [0, 0.1) is 28.6 Å². The van der Waals surface area contributed by atoms with Crippen LogP contribution in [0.3, 0.4) is 0 Å². The Morgan fingerprint density at radius 3 is 2.91 bits per heavy atom. The molecule has 0 aromatic carbocycles. The number of allylic oxidation sites excluding steroid dienone is 2. The van der Waals surface area contributed by atoms with E-state index in [-0.39, 0.29) is 23.7 Å². The number of halogens is 1. The minimum Gasteiger partial charge on any atom is -0.395 e. The van der Waals surface area contributed by atoms with E-state index >= 15 is 0 Å². The molecule has 1 N–H and O–H groups in total. The van der Waals surface area contributed by atoms with Crippen molar-refractivity contribution in [2.45, 2.75) is 64.5 Å². The van der Waals surface area contributed by atoms with Gasteiger partial charge in [-0.15, -0.1) is 0 Å². The van der Waals surface area contributed by atoms with Crippen LogP contribution in [0.25, 0.3) is 0 Å². The van der Waals surface area contributed by atoms with E-state index in [0.717, 1.165) is 19.3 Å². The van der Waals surface area contributed by atoms with Crippen molar-refractivity contribution in [2.24, 2.45) is 28.6 Å². The van der Waals surface area contributed by atoms with Crippen LogP contribution in [0.1, 0.15) is 58.3 Å². The van der Waals surface area contributed by atoms with Gasteiger partial charge in [0.1, 0.15) is 0 Å². The molecular formula is C19H27FO2. The SMILES string of the molecule is C[C@]12CCCC=C1CC[C@H]1[C@@H]3C[C@@H](F)C(=O)[C@@]3(CO)CC[C@@H]12. The number of Topliss-reactive ketones (excluding diaryl/α,β-unsaturated/α-hetero) is 1. The van der Waals surface area contributed by atoms with Gasteiger partial charge in [-0.05, 0) is 74.5 Å². The van der Waals surface area contributed by atoms with E-state index in [1.54, 1.807) is 5.57 Å². The van der Waals surface area contributed by atoms with Crippen LogP contribution in [0.4, 0.5) is 4.39 Å². The Morgan fingerprint density at radius 2 is 2.14 bits per heavy atom. The highest BCUT2D eigenvalue weighted by molar-refractivity contribution is 5.91. The van der Waals surface area contributed by atoms with Gasteiger partial charge in [-0.2, -0.15) is 0 Å². The molecule has 4 aliphatic carbocycles. The van der Waals surface area contributed by atoms with E-state index in [9.17, 15) is 14.3 Å². The quantitative estimate of drug-likeness (QED) is 0.748. The van der Waals surface area contributed by atoms with Crippen molar-refractivity contribution in [1.82, 2.24) is 0 Å². The maximum Gasteiger partial charge on any atom is 0.175 e. The molecule has 0 saturated heterocycles. The van der Waals surface area contributed by atoms with Gasteiger partial charge in [0.25, 0.3) is 0 Å². The summed E-state index contributed by atoms with van der Waals surface area (Å²) in [4.78, 5) is 12.4. The summed E-state index contributed by atoms with van der Waals surface area (Å²) in [5.74, 6) is 0.772. The molecule has 3 saturated carbocycles. The second-order valence-corrected chi connectivity index (χ2v) is 8.37. The molecular weight excluding hydrogens is 279 g/mol. The molecule has 0 unspecified atom stereocenters. The standard InChI is InChI=1S/C19H27FO2/c1-18-8-3-2-4-12(18)5-6-13-14(18)7-9-19(11-21)15(13)10-16(20)17(19)22/h4,13-16,21H,2-3,5-11H2,1H3/t13-,14+,15+,16-,18+,19-/m1/s1. The Morgan fingerprint density at radius 1 is 1.32 bits per heavy atom. The third-order valence-corrected chi connectivity index (χ3v) is 7.75. The van der Waals surface area contributed by atoms with Crippen LogP contribution in [-0.4, -0.2) is 23.7 Å². The summed E-state index contributed by atoms with van der Waals surface area (Å²) in [6, 6.07) is 0. The summed E-state index contributed by atoms with van der Waals surface area (Å²) in [5.41, 5.74) is 1.13. The van der Waals surface area contributed by atoms with Gasteiger partial charge in [-0.3, -0.25) is 4.79 Å². The van der Waals surface area contributed by atoms with Gasteiger partial charge in [0, 0.05) is 0 Å². The van der Waals surface area contributed by atoms with E-state index in [4.69, 9.17) is 0 Å². The molecule has 6 atom stereocenters. The van der Waals surface area contributed by atoms with Crippen molar-refractivity contribution in [1.29, 1.82) is 0 Å². The van der Waals surface area contributed by atoms with Crippen LogP contribution in [0.15, 0.2) is 11.6 Å². The zero-order valence-corrected chi connectivity index (χ0v) is 13.5. The molecule has 0 radical (unpaired) electrons. The van der Waals surface area contributed by atoms with Crippen LogP contribution in [0.5, 0.6) is 0 Å². The maximum atomic E-state index is 14.2. The number of carbonyl (C=O) groups is 1.